The number of nitrogens with zero attached hydrogens (tertiary/aromatic N) is 4. The van der Waals surface area contributed by atoms with Crippen LogP contribution in [0, 0.1) is 0 Å². The van der Waals surface area contributed by atoms with Crippen molar-refractivity contribution in [2.45, 2.75) is 17.5 Å². The number of furan rings is 2. The highest BCUT2D eigenvalue weighted by atomic mass is 32.2. The Labute approximate surface area is 190 Å². The van der Waals surface area contributed by atoms with Crippen LogP contribution in [0.1, 0.15) is 24.0 Å². The van der Waals surface area contributed by atoms with Gasteiger partial charge in [-0.15, -0.1) is 11.3 Å². The van der Waals surface area contributed by atoms with Gasteiger partial charge in [0, 0.05) is 11.8 Å². The van der Waals surface area contributed by atoms with Crippen LogP contribution in [-0.4, -0.2) is 32.3 Å². The van der Waals surface area contributed by atoms with Crippen LogP contribution in [0.2, 0.25) is 0 Å². The van der Waals surface area contributed by atoms with Gasteiger partial charge >= 0.3 is 0 Å². The molecule has 4 aromatic heterocycles. The standard InChI is InChI=1S/C23H16N4O3S2/c28-21(12-32-23-22-15(7-9-31-22)24-13-25-23)27-17(19-6-3-8-29-19)11-16(26-27)20-10-14-4-1-2-5-18(14)30-20/h1-10,13,17H,11-12H2/t17-/m0/s1. The van der Waals surface area contributed by atoms with Crippen LogP contribution in [0.5, 0.6) is 0 Å². The van der Waals surface area contributed by atoms with Crippen molar-refractivity contribution in [1.82, 2.24) is 15.0 Å². The molecule has 0 aliphatic carbocycles. The third kappa shape index (κ3) is 3.39. The van der Waals surface area contributed by atoms with Crippen LogP contribution in [0.15, 0.2) is 85.5 Å². The predicted octanol–water partition coefficient (Wildman–Crippen LogP) is 5.50. The average Bonchev–Trinajstić information content (AvgIpc) is 3.61. The first-order valence-electron chi connectivity index (χ1n) is 9.99. The van der Waals surface area contributed by atoms with E-state index in [0.29, 0.717) is 17.9 Å². The van der Waals surface area contributed by atoms with E-state index in [1.54, 1.807) is 17.6 Å². The normalized spacial score (nSPS) is 16.2. The molecule has 1 aliphatic rings. The van der Waals surface area contributed by atoms with Crippen molar-refractivity contribution in [3.63, 3.8) is 0 Å². The predicted molar refractivity (Wildman–Crippen MR) is 124 cm³/mol. The van der Waals surface area contributed by atoms with Gasteiger partial charge < -0.3 is 8.83 Å². The topological polar surface area (TPSA) is 84.7 Å². The molecule has 1 aliphatic heterocycles. The van der Waals surface area contributed by atoms with Crippen molar-refractivity contribution in [1.29, 1.82) is 0 Å². The van der Waals surface area contributed by atoms with Crippen molar-refractivity contribution in [3.8, 4) is 0 Å². The van der Waals surface area contributed by atoms with Crippen LogP contribution in [0.3, 0.4) is 0 Å². The smallest absolute Gasteiger partial charge is 0.253 e. The van der Waals surface area contributed by atoms with Crippen molar-refractivity contribution < 1.29 is 13.6 Å². The molecule has 5 aromatic rings. The van der Waals surface area contributed by atoms with Crippen molar-refractivity contribution in [2.24, 2.45) is 5.10 Å². The summed E-state index contributed by atoms with van der Waals surface area (Å²) in [5.74, 6) is 1.45. The van der Waals surface area contributed by atoms with Gasteiger partial charge in [0.25, 0.3) is 5.91 Å². The second-order valence-electron chi connectivity index (χ2n) is 7.27. The first-order valence-corrected chi connectivity index (χ1v) is 11.9. The molecule has 0 radical (unpaired) electrons. The van der Waals surface area contributed by atoms with Gasteiger partial charge in [0.15, 0.2) is 5.76 Å². The number of benzene rings is 1. The average molecular weight is 461 g/mol. The van der Waals surface area contributed by atoms with Crippen molar-refractivity contribution in [2.75, 3.05) is 5.75 Å². The lowest BCUT2D eigenvalue weighted by Crippen LogP contribution is -2.28. The molecule has 158 valence electrons. The fraction of sp³-hybridized carbons (Fsp3) is 0.130. The van der Waals surface area contributed by atoms with Crippen LogP contribution in [-0.2, 0) is 4.79 Å². The summed E-state index contributed by atoms with van der Waals surface area (Å²) in [6.07, 6.45) is 3.66. The fourth-order valence-corrected chi connectivity index (χ4v) is 5.58. The number of amides is 1. The second-order valence-corrected chi connectivity index (χ2v) is 9.15. The lowest BCUT2D eigenvalue weighted by Gasteiger charge is -2.19. The molecule has 1 amide bonds. The summed E-state index contributed by atoms with van der Waals surface area (Å²) in [7, 11) is 0. The minimum absolute atomic E-state index is 0.120. The van der Waals surface area contributed by atoms with Gasteiger partial charge in [0.1, 0.15) is 34.5 Å². The van der Waals surface area contributed by atoms with Crippen LogP contribution in [0.4, 0.5) is 0 Å². The molecule has 1 aromatic carbocycles. The minimum Gasteiger partial charge on any atom is -0.467 e. The molecular formula is C23H16N4O3S2. The van der Waals surface area contributed by atoms with E-state index in [2.05, 4.69) is 15.1 Å². The number of carbonyl (C=O) groups excluding carboxylic acids is 1. The van der Waals surface area contributed by atoms with E-state index in [4.69, 9.17) is 8.83 Å². The van der Waals surface area contributed by atoms with E-state index >= 15 is 0 Å². The number of fused-ring (bicyclic) bond motifs is 2. The molecule has 5 heterocycles. The molecule has 0 fully saturated rings. The Morgan fingerprint density at radius 1 is 1.19 bits per heavy atom. The molecule has 1 atom stereocenters. The van der Waals surface area contributed by atoms with E-state index in [9.17, 15) is 4.79 Å². The highest BCUT2D eigenvalue weighted by molar-refractivity contribution is 8.00. The van der Waals surface area contributed by atoms with Gasteiger partial charge in [-0.1, -0.05) is 30.0 Å². The number of hydrogen-bond acceptors (Lipinski definition) is 8. The number of thioether (sulfide) groups is 1. The van der Waals surface area contributed by atoms with Gasteiger partial charge in [0.05, 0.1) is 22.2 Å². The van der Waals surface area contributed by atoms with Crippen LogP contribution in [0.25, 0.3) is 21.2 Å². The van der Waals surface area contributed by atoms with Crippen molar-refractivity contribution >= 4 is 55.9 Å². The molecule has 0 bridgehead atoms. The van der Waals surface area contributed by atoms with E-state index in [0.717, 1.165) is 31.9 Å². The summed E-state index contributed by atoms with van der Waals surface area (Å²) >= 11 is 2.96. The Morgan fingerprint density at radius 3 is 3.00 bits per heavy atom. The maximum atomic E-state index is 13.2. The van der Waals surface area contributed by atoms with Gasteiger partial charge in [-0.25, -0.2) is 15.0 Å². The molecule has 32 heavy (non-hydrogen) atoms. The fourth-order valence-electron chi connectivity index (χ4n) is 3.78. The van der Waals surface area contributed by atoms with Gasteiger partial charge in [0.2, 0.25) is 0 Å². The van der Waals surface area contributed by atoms with E-state index in [1.165, 1.54) is 23.1 Å². The lowest BCUT2D eigenvalue weighted by molar-refractivity contribution is -0.130. The Kier molecular flexibility index (Phi) is 4.77. The van der Waals surface area contributed by atoms with E-state index in [-0.39, 0.29) is 17.7 Å². The molecule has 0 unspecified atom stereocenters. The third-order valence-corrected chi connectivity index (χ3v) is 7.30. The number of thiophene rings is 1. The molecular weight excluding hydrogens is 444 g/mol. The van der Waals surface area contributed by atoms with Crippen molar-refractivity contribution in [3.05, 3.63) is 78.0 Å². The molecule has 9 heteroatoms. The monoisotopic (exact) mass is 460 g/mol. The third-order valence-electron chi connectivity index (χ3n) is 5.29. The van der Waals surface area contributed by atoms with Gasteiger partial charge in [-0.3, -0.25) is 4.79 Å². The Bertz CT molecular complexity index is 1420. The summed E-state index contributed by atoms with van der Waals surface area (Å²) in [6, 6.07) is 15.1. The van der Waals surface area contributed by atoms with E-state index in [1.807, 2.05) is 53.9 Å². The zero-order chi connectivity index (χ0) is 21.5. The maximum Gasteiger partial charge on any atom is 0.253 e. The minimum atomic E-state index is -0.312. The van der Waals surface area contributed by atoms with Crippen LogP contribution < -0.4 is 0 Å². The second kappa shape index (κ2) is 7.92. The first-order chi connectivity index (χ1) is 15.8. The van der Waals surface area contributed by atoms with Crippen LogP contribution >= 0.6 is 23.1 Å². The summed E-state index contributed by atoms with van der Waals surface area (Å²) < 4.78 is 12.6. The zero-order valence-corrected chi connectivity index (χ0v) is 18.3. The number of hydrogen-bond donors (Lipinski definition) is 0. The van der Waals surface area contributed by atoms with E-state index < -0.39 is 0 Å². The number of carbonyl (C=O) groups is 1. The lowest BCUT2D eigenvalue weighted by atomic mass is 10.1. The molecule has 0 saturated carbocycles. The molecule has 0 spiro atoms. The molecule has 0 saturated heterocycles. The summed E-state index contributed by atoms with van der Waals surface area (Å²) in [4.78, 5) is 21.8. The SMILES string of the molecule is O=C(CSc1ncnc2ccsc12)N1N=C(c2cc3ccccc3o2)C[C@H]1c1ccco1. The number of aromatic nitrogens is 2. The molecule has 6 rings (SSSR count). The Hall–Kier alpha value is -3.43. The number of hydrazone groups is 1. The molecule has 0 N–H and O–H groups in total. The highest BCUT2D eigenvalue weighted by Crippen LogP contribution is 2.36. The maximum absolute atomic E-state index is 13.2. The summed E-state index contributed by atoms with van der Waals surface area (Å²) in [6.45, 7) is 0. The number of rotatable bonds is 5. The Balaban J connectivity index is 1.29. The highest BCUT2D eigenvalue weighted by Gasteiger charge is 2.36. The first kappa shape index (κ1) is 19.3. The zero-order valence-electron chi connectivity index (χ0n) is 16.7. The quantitative estimate of drug-likeness (QED) is 0.254. The van der Waals surface area contributed by atoms with Gasteiger partial charge in [-0.05, 0) is 35.7 Å². The largest absolute Gasteiger partial charge is 0.467 e. The number of para-hydroxylation sites is 1. The molecule has 7 nitrogen and oxygen atoms in total. The summed E-state index contributed by atoms with van der Waals surface area (Å²) in [5, 5.41) is 9.95. The van der Waals surface area contributed by atoms with Gasteiger partial charge in [-0.2, -0.15) is 5.10 Å². The Morgan fingerprint density at radius 2 is 2.12 bits per heavy atom. The summed E-state index contributed by atoms with van der Waals surface area (Å²) in [5.41, 5.74) is 2.41.